The minimum Gasteiger partial charge on any atom is -0.423 e. The third kappa shape index (κ3) is 4.39. The summed E-state index contributed by atoms with van der Waals surface area (Å²) in [5, 5.41) is 2.95. The van der Waals surface area contributed by atoms with Crippen molar-refractivity contribution >= 4 is 23.6 Å². The van der Waals surface area contributed by atoms with Gasteiger partial charge in [-0.15, -0.1) is 0 Å². The van der Waals surface area contributed by atoms with Crippen molar-refractivity contribution in [2.75, 3.05) is 29.7 Å². The summed E-state index contributed by atoms with van der Waals surface area (Å²) >= 11 is 0. The van der Waals surface area contributed by atoms with Crippen molar-refractivity contribution in [3.8, 4) is 11.3 Å². The fourth-order valence-electron chi connectivity index (χ4n) is 3.57. The zero-order valence-electron chi connectivity index (χ0n) is 18.3. The number of para-hydroxylation sites is 1. The highest BCUT2D eigenvalue weighted by atomic mass is 16.5. The SMILES string of the molecule is CCOCN(c1ncc(-c2ccnc(N3CC(C)(C)NC3=O)c2)o1)c1ccccc1C. The van der Waals surface area contributed by atoms with Gasteiger partial charge in [-0.3, -0.25) is 9.80 Å². The van der Waals surface area contributed by atoms with Gasteiger partial charge in [0.25, 0.3) is 0 Å². The Kier molecular flexibility index (Phi) is 5.65. The second kappa shape index (κ2) is 8.39. The summed E-state index contributed by atoms with van der Waals surface area (Å²) in [5.41, 5.74) is 2.55. The molecule has 0 unspecified atom stereocenters. The van der Waals surface area contributed by atoms with E-state index >= 15 is 0 Å². The molecule has 0 spiro atoms. The molecule has 1 aliphatic rings. The van der Waals surface area contributed by atoms with Crippen LogP contribution < -0.4 is 15.1 Å². The number of carbonyl (C=O) groups excluding carboxylic acids is 1. The lowest BCUT2D eigenvalue weighted by atomic mass is 10.1. The Labute approximate surface area is 181 Å². The van der Waals surface area contributed by atoms with Gasteiger partial charge in [0.1, 0.15) is 12.5 Å². The Hall–Kier alpha value is -3.39. The van der Waals surface area contributed by atoms with Gasteiger partial charge in [-0.25, -0.2) is 14.8 Å². The van der Waals surface area contributed by atoms with Crippen LogP contribution in [0.2, 0.25) is 0 Å². The number of aryl methyl sites for hydroxylation is 1. The van der Waals surface area contributed by atoms with Crippen LogP contribution in [0.15, 0.2) is 53.2 Å². The molecule has 8 nitrogen and oxygen atoms in total. The standard InChI is InChI=1S/C23H27N5O3/c1-5-30-15-28(18-9-7-6-8-16(18)2)22-25-13-19(31-22)17-10-11-24-20(12-17)27-14-23(3,4)26-21(27)29/h6-13H,5,14-15H2,1-4H3,(H,26,29). The molecule has 0 bridgehead atoms. The monoisotopic (exact) mass is 421 g/mol. The van der Waals surface area contributed by atoms with E-state index in [0.29, 0.717) is 37.5 Å². The summed E-state index contributed by atoms with van der Waals surface area (Å²) in [4.78, 5) is 24.7. The topological polar surface area (TPSA) is 83.7 Å². The first-order valence-corrected chi connectivity index (χ1v) is 10.3. The van der Waals surface area contributed by atoms with Gasteiger partial charge in [0.15, 0.2) is 5.76 Å². The van der Waals surface area contributed by atoms with Crippen molar-refractivity contribution < 1.29 is 13.9 Å². The van der Waals surface area contributed by atoms with Crippen LogP contribution in [-0.4, -0.2) is 41.4 Å². The highest BCUT2D eigenvalue weighted by molar-refractivity contribution is 5.94. The van der Waals surface area contributed by atoms with E-state index < -0.39 is 0 Å². The highest BCUT2D eigenvalue weighted by Crippen LogP contribution is 2.32. The van der Waals surface area contributed by atoms with Crippen molar-refractivity contribution in [3.63, 3.8) is 0 Å². The molecule has 1 fully saturated rings. The van der Waals surface area contributed by atoms with Gasteiger partial charge in [0, 0.05) is 18.4 Å². The van der Waals surface area contributed by atoms with E-state index in [1.54, 1.807) is 17.3 Å². The molecule has 0 radical (unpaired) electrons. The maximum absolute atomic E-state index is 12.3. The van der Waals surface area contributed by atoms with E-state index in [9.17, 15) is 4.79 Å². The lowest BCUT2D eigenvalue weighted by Gasteiger charge is -2.22. The van der Waals surface area contributed by atoms with Crippen LogP contribution in [0, 0.1) is 6.92 Å². The van der Waals surface area contributed by atoms with Gasteiger partial charge >= 0.3 is 12.0 Å². The molecule has 4 rings (SSSR count). The summed E-state index contributed by atoms with van der Waals surface area (Å²) < 4.78 is 11.8. The summed E-state index contributed by atoms with van der Waals surface area (Å²) in [5.74, 6) is 1.16. The van der Waals surface area contributed by atoms with E-state index in [1.807, 2.05) is 69.0 Å². The van der Waals surface area contributed by atoms with Gasteiger partial charge in [0.05, 0.1) is 24.0 Å². The zero-order valence-corrected chi connectivity index (χ0v) is 18.3. The van der Waals surface area contributed by atoms with Crippen molar-refractivity contribution in [1.29, 1.82) is 0 Å². The Morgan fingerprint density at radius 2 is 2.06 bits per heavy atom. The van der Waals surface area contributed by atoms with Gasteiger partial charge in [-0.1, -0.05) is 18.2 Å². The van der Waals surface area contributed by atoms with Crippen LogP contribution in [0.25, 0.3) is 11.3 Å². The maximum atomic E-state index is 12.3. The Morgan fingerprint density at radius 3 is 2.77 bits per heavy atom. The van der Waals surface area contributed by atoms with E-state index in [4.69, 9.17) is 9.15 Å². The van der Waals surface area contributed by atoms with Gasteiger partial charge in [-0.2, -0.15) is 0 Å². The first kappa shape index (κ1) is 20.9. The van der Waals surface area contributed by atoms with Gasteiger partial charge < -0.3 is 14.5 Å². The highest BCUT2D eigenvalue weighted by Gasteiger charge is 2.36. The molecule has 2 amide bonds. The molecule has 1 N–H and O–H groups in total. The number of rotatable bonds is 7. The Bertz CT molecular complexity index is 1080. The van der Waals surface area contributed by atoms with E-state index in [1.165, 1.54) is 0 Å². The number of carbonyl (C=O) groups is 1. The van der Waals surface area contributed by atoms with Crippen LogP contribution >= 0.6 is 0 Å². The number of nitrogens with zero attached hydrogens (tertiary/aromatic N) is 4. The van der Waals surface area contributed by atoms with Crippen molar-refractivity contribution in [3.05, 3.63) is 54.4 Å². The van der Waals surface area contributed by atoms with Crippen molar-refractivity contribution in [2.45, 2.75) is 33.2 Å². The number of pyridine rings is 1. The molecule has 0 aliphatic carbocycles. The number of nitrogens with one attached hydrogen (secondary N) is 1. The fourth-order valence-corrected chi connectivity index (χ4v) is 3.57. The number of ether oxygens (including phenoxy) is 1. The maximum Gasteiger partial charge on any atom is 0.323 e. The smallest absolute Gasteiger partial charge is 0.323 e. The van der Waals surface area contributed by atoms with E-state index in [2.05, 4.69) is 15.3 Å². The second-order valence-corrected chi connectivity index (χ2v) is 8.15. The quantitative estimate of drug-likeness (QED) is 0.566. The number of hydrogen-bond acceptors (Lipinski definition) is 6. The molecule has 2 aromatic heterocycles. The predicted molar refractivity (Wildman–Crippen MR) is 120 cm³/mol. The molecule has 1 saturated heterocycles. The van der Waals surface area contributed by atoms with Gasteiger partial charge in [-0.05, 0) is 51.5 Å². The van der Waals surface area contributed by atoms with Crippen LogP contribution in [0.4, 0.5) is 22.3 Å². The molecule has 0 saturated carbocycles. The largest absolute Gasteiger partial charge is 0.423 e. The Morgan fingerprint density at radius 1 is 1.26 bits per heavy atom. The van der Waals surface area contributed by atoms with Gasteiger partial charge in [0.2, 0.25) is 0 Å². The number of anilines is 3. The average molecular weight is 422 g/mol. The third-order valence-electron chi connectivity index (χ3n) is 5.11. The molecule has 162 valence electrons. The molecular weight excluding hydrogens is 394 g/mol. The number of benzene rings is 1. The molecule has 1 aliphatic heterocycles. The molecule has 3 heterocycles. The normalized spacial score (nSPS) is 15.2. The molecule has 0 atom stereocenters. The lowest BCUT2D eigenvalue weighted by molar-refractivity contribution is 0.151. The van der Waals surface area contributed by atoms with Crippen LogP contribution in [0.3, 0.4) is 0 Å². The van der Waals surface area contributed by atoms with E-state index in [0.717, 1.165) is 16.8 Å². The summed E-state index contributed by atoms with van der Waals surface area (Å²) in [6, 6.07) is 12.0. The minimum atomic E-state index is -0.304. The van der Waals surface area contributed by atoms with Crippen LogP contribution in [0.5, 0.6) is 0 Å². The van der Waals surface area contributed by atoms with Crippen molar-refractivity contribution in [1.82, 2.24) is 15.3 Å². The number of aromatic nitrogens is 2. The summed E-state index contributed by atoms with van der Waals surface area (Å²) in [7, 11) is 0. The number of hydrogen-bond donors (Lipinski definition) is 1. The predicted octanol–water partition coefficient (Wildman–Crippen LogP) is 4.49. The number of urea groups is 1. The molecular formula is C23H27N5O3. The van der Waals surface area contributed by atoms with Crippen molar-refractivity contribution in [2.24, 2.45) is 0 Å². The number of oxazole rings is 1. The fraction of sp³-hybridized carbons (Fsp3) is 0.348. The average Bonchev–Trinajstić information content (AvgIpc) is 3.33. The van der Waals surface area contributed by atoms with Crippen LogP contribution in [-0.2, 0) is 4.74 Å². The summed E-state index contributed by atoms with van der Waals surface area (Å²) in [6.07, 6.45) is 3.35. The molecule has 1 aromatic carbocycles. The lowest BCUT2D eigenvalue weighted by Crippen LogP contribution is -2.36. The first-order valence-electron chi connectivity index (χ1n) is 10.3. The second-order valence-electron chi connectivity index (χ2n) is 8.15. The first-order chi connectivity index (χ1) is 14.9. The van der Waals surface area contributed by atoms with Crippen LogP contribution in [0.1, 0.15) is 26.3 Å². The molecule has 3 aromatic rings. The van der Waals surface area contributed by atoms with E-state index in [-0.39, 0.29) is 11.6 Å². The molecule has 8 heteroatoms. The minimum absolute atomic E-state index is 0.157. The Balaban J connectivity index is 1.63. The third-order valence-corrected chi connectivity index (χ3v) is 5.11. The zero-order chi connectivity index (χ0) is 22.0. The summed E-state index contributed by atoms with van der Waals surface area (Å²) in [6.45, 7) is 9.40. The molecule has 31 heavy (non-hydrogen) atoms. The number of amides is 2.